The number of ether oxygens (including phenoxy) is 1. The SMILES string of the molecule is O=C(COC(=O)Cc1c(F)cccc1Cl)NNC(=O)c1ccc(Cl)cc1. The molecule has 0 fully saturated rings. The number of benzene rings is 2. The van der Waals surface area contributed by atoms with Crippen LogP contribution in [0.25, 0.3) is 0 Å². The Balaban J connectivity index is 1.77. The van der Waals surface area contributed by atoms with Crippen molar-refractivity contribution in [1.29, 1.82) is 0 Å². The van der Waals surface area contributed by atoms with E-state index in [1.54, 1.807) is 0 Å². The lowest BCUT2D eigenvalue weighted by molar-refractivity contribution is -0.148. The fourth-order valence-corrected chi connectivity index (χ4v) is 2.23. The van der Waals surface area contributed by atoms with E-state index in [1.807, 2.05) is 0 Å². The molecule has 0 radical (unpaired) electrons. The number of carbonyl (C=O) groups excluding carboxylic acids is 3. The zero-order chi connectivity index (χ0) is 19.1. The molecule has 6 nitrogen and oxygen atoms in total. The molecule has 0 aliphatic carbocycles. The van der Waals surface area contributed by atoms with Gasteiger partial charge in [-0.15, -0.1) is 0 Å². The van der Waals surface area contributed by atoms with Gasteiger partial charge in [0.25, 0.3) is 11.8 Å². The minimum Gasteiger partial charge on any atom is -0.455 e. The molecular weight excluding hydrogens is 386 g/mol. The highest BCUT2D eigenvalue weighted by molar-refractivity contribution is 6.31. The van der Waals surface area contributed by atoms with Crippen molar-refractivity contribution in [1.82, 2.24) is 10.9 Å². The van der Waals surface area contributed by atoms with Crippen LogP contribution >= 0.6 is 23.2 Å². The van der Waals surface area contributed by atoms with E-state index in [0.717, 1.165) is 6.07 Å². The Bertz CT molecular complexity index is 808. The second kappa shape index (κ2) is 9.17. The third kappa shape index (κ3) is 5.72. The van der Waals surface area contributed by atoms with Gasteiger partial charge in [0.15, 0.2) is 6.61 Å². The van der Waals surface area contributed by atoms with Crippen LogP contribution in [0.1, 0.15) is 15.9 Å². The molecule has 2 aromatic carbocycles. The van der Waals surface area contributed by atoms with Crippen molar-refractivity contribution in [2.24, 2.45) is 0 Å². The van der Waals surface area contributed by atoms with E-state index >= 15 is 0 Å². The number of rotatable bonds is 5. The van der Waals surface area contributed by atoms with Gasteiger partial charge in [-0.1, -0.05) is 29.3 Å². The van der Waals surface area contributed by atoms with Gasteiger partial charge in [-0.25, -0.2) is 4.39 Å². The highest BCUT2D eigenvalue weighted by Gasteiger charge is 2.14. The molecule has 0 aliphatic heterocycles. The van der Waals surface area contributed by atoms with E-state index in [-0.39, 0.29) is 16.1 Å². The van der Waals surface area contributed by atoms with Gasteiger partial charge < -0.3 is 4.74 Å². The number of carbonyl (C=O) groups is 3. The molecule has 0 aliphatic rings. The van der Waals surface area contributed by atoms with E-state index < -0.39 is 36.6 Å². The van der Waals surface area contributed by atoms with Gasteiger partial charge in [-0.05, 0) is 36.4 Å². The Morgan fingerprint density at radius 3 is 2.35 bits per heavy atom. The van der Waals surface area contributed by atoms with Gasteiger partial charge in [-0.3, -0.25) is 25.2 Å². The van der Waals surface area contributed by atoms with Crippen LogP contribution in [-0.4, -0.2) is 24.4 Å². The normalized spacial score (nSPS) is 10.1. The molecule has 26 heavy (non-hydrogen) atoms. The smallest absolute Gasteiger partial charge is 0.310 e. The van der Waals surface area contributed by atoms with Crippen molar-refractivity contribution in [2.75, 3.05) is 6.61 Å². The maximum atomic E-state index is 13.6. The summed E-state index contributed by atoms with van der Waals surface area (Å²) in [7, 11) is 0. The van der Waals surface area contributed by atoms with Crippen molar-refractivity contribution < 1.29 is 23.5 Å². The van der Waals surface area contributed by atoms with Gasteiger partial charge in [-0.2, -0.15) is 0 Å². The average molecular weight is 399 g/mol. The van der Waals surface area contributed by atoms with E-state index in [9.17, 15) is 18.8 Å². The topological polar surface area (TPSA) is 84.5 Å². The summed E-state index contributed by atoms with van der Waals surface area (Å²) in [6.45, 7) is -0.647. The standard InChI is InChI=1S/C17H13Cl2FN2O4/c18-11-6-4-10(5-7-11)17(25)22-21-15(23)9-26-16(24)8-12-13(19)2-1-3-14(12)20/h1-7H,8-9H2,(H,21,23)(H,22,25). The number of halogens is 3. The summed E-state index contributed by atoms with van der Waals surface area (Å²) < 4.78 is 18.3. The first-order valence-corrected chi connectivity index (χ1v) is 8.05. The second-order valence-electron chi connectivity index (χ2n) is 5.05. The first-order valence-electron chi connectivity index (χ1n) is 7.30. The molecular formula is C17H13Cl2FN2O4. The molecule has 2 rings (SSSR count). The van der Waals surface area contributed by atoms with Crippen LogP contribution in [0.2, 0.25) is 10.0 Å². The number of nitrogens with one attached hydrogen (secondary N) is 2. The van der Waals surface area contributed by atoms with E-state index in [0.29, 0.717) is 5.02 Å². The Hall–Kier alpha value is -2.64. The second-order valence-corrected chi connectivity index (χ2v) is 5.89. The largest absolute Gasteiger partial charge is 0.455 e. The summed E-state index contributed by atoms with van der Waals surface area (Å²) >= 11 is 11.5. The zero-order valence-electron chi connectivity index (χ0n) is 13.2. The fourth-order valence-electron chi connectivity index (χ4n) is 1.88. The molecule has 0 saturated heterocycles. The molecule has 9 heteroatoms. The molecule has 0 spiro atoms. The highest BCUT2D eigenvalue weighted by Crippen LogP contribution is 2.19. The predicted octanol–water partition coefficient (Wildman–Crippen LogP) is 2.68. The van der Waals surface area contributed by atoms with E-state index in [1.165, 1.54) is 36.4 Å². The van der Waals surface area contributed by atoms with Crippen LogP contribution < -0.4 is 10.9 Å². The molecule has 0 heterocycles. The number of hydrogen-bond donors (Lipinski definition) is 2. The van der Waals surface area contributed by atoms with E-state index in [2.05, 4.69) is 10.9 Å². The molecule has 2 aromatic rings. The summed E-state index contributed by atoms with van der Waals surface area (Å²) in [5.41, 5.74) is 4.51. The Morgan fingerprint density at radius 2 is 1.69 bits per heavy atom. The van der Waals surface area contributed by atoms with Crippen LogP contribution in [0.4, 0.5) is 4.39 Å². The minimum absolute atomic E-state index is 0.0179. The zero-order valence-corrected chi connectivity index (χ0v) is 14.7. The summed E-state index contributed by atoms with van der Waals surface area (Å²) in [6.07, 6.45) is -0.421. The van der Waals surface area contributed by atoms with Gasteiger partial charge in [0.2, 0.25) is 0 Å². The summed E-state index contributed by atoms with van der Waals surface area (Å²) in [5, 5.41) is 0.550. The minimum atomic E-state index is -0.837. The quantitative estimate of drug-likeness (QED) is 0.598. The maximum absolute atomic E-state index is 13.6. The third-order valence-corrected chi connectivity index (χ3v) is 3.78. The maximum Gasteiger partial charge on any atom is 0.310 e. The number of hydrazine groups is 1. The molecule has 2 amide bonds. The van der Waals surface area contributed by atoms with Crippen LogP contribution in [0.3, 0.4) is 0 Å². The lowest BCUT2D eigenvalue weighted by Crippen LogP contribution is -2.43. The summed E-state index contributed by atoms with van der Waals surface area (Å²) in [5.74, 6) is -2.81. The molecule has 0 aromatic heterocycles. The molecule has 0 saturated carbocycles. The molecule has 136 valence electrons. The highest BCUT2D eigenvalue weighted by atomic mass is 35.5. The molecule has 2 N–H and O–H groups in total. The number of esters is 1. The van der Waals surface area contributed by atoms with Gasteiger partial charge in [0, 0.05) is 21.2 Å². The fraction of sp³-hybridized carbons (Fsp3) is 0.118. The van der Waals surface area contributed by atoms with Gasteiger partial charge in [0.1, 0.15) is 5.82 Å². The van der Waals surface area contributed by atoms with Crippen molar-refractivity contribution >= 4 is 41.0 Å². The summed E-state index contributed by atoms with van der Waals surface area (Å²) in [6, 6.07) is 9.99. The van der Waals surface area contributed by atoms with E-state index in [4.69, 9.17) is 27.9 Å². The average Bonchev–Trinajstić information content (AvgIpc) is 2.61. The molecule has 0 unspecified atom stereocenters. The lowest BCUT2D eigenvalue weighted by atomic mass is 10.1. The Labute approximate surface area is 158 Å². The molecule has 0 bridgehead atoms. The van der Waals surface area contributed by atoms with Crippen molar-refractivity contribution in [3.63, 3.8) is 0 Å². The Kier molecular flexibility index (Phi) is 6.94. The van der Waals surface area contributed by atoms with Crippen LogP contribution in [0.15, 0.2) is 42.5 Å². The Morgan fingerprint density at radius 1 is 1.00 bits per heavy atom. The lowest BCUT2D eigenvalue weighted by Gasteiger charge is -2.09. The van der Waals surface area contributed by atoms with Gasteiger partial charge in [0.05, 0.1) is 6.42 Å². The number of amides is 2. The van der Waals surface area contributed by atoms with Crippen molar-refractivity contribution in [3.8, 4) is 0 Å². The van der Waals surface area contributed by atoms with Gasteiger partial charge >= 0.3 is 5.97 Å². The monoisotopic (exact) mass is 398 g/mol. The first kappa shape index (κ1) is 19.7. The van der Waals surface area contributed by atoms with Crippen molar-refractivity contribution in [2.45, 2.75) is 6.42 Å². The molecule has 0 atom stereocenters. The van der Waals surface area contributed by atoms with Crippen LogP contribution in [-0.2, 0) is 20.7 Å². The predicted molar refractivity (Wildman–Crippen MR) is 93.1 cm³/mol. The van der Waals surface area contributed by atoms with Crippen molar-refractivity contribution in [3.05, 3.63) is 69.5 Å². The summed E-state index contributed by atoms with van der Waals surface area (Å²) in [4.78, 5) is 35.1. The van der Waals surface area contributed by atoms with Crippen LogP contribution in [0.5, 0.6) is 0 Å². The number of hydrogen-bond acceptors (Lipinski definition) is 4. The van der Waals surface area contributed by atoms with Crippen LogP contribution in [0, 0.1) is 5.82 Å². The first-order chi connectivity index (χ1) is 12.4. The third-order valence-electron chi connectivity index (χ3n) is 3.17.